The van der Waals surface area contributed by atoms with Gasteiger partial charge in [-0.2, -0.15) is 0 Å². The third kappa shape index (κ3) is 6.55. The van der Waals surface area contributed by atoms with Crippen molar-refractivity contribution in [2.24, 2.45) is 5.16 Å². The van der Waals surface area contributed by atoms with E-state index in [1.165, 1.54) is 10.4 Å². The molecule has 0 atom stereocenters. The average molecular weight is 409 g/mol. The van der Waals surface area contributed by atoms with Gasteiger partial charge in [-0.3, -0.25) is 4.79 Å². The number of hydrogen-bond donors (Lipinski definition) is 2. The first kappa shape index (κ1) is 20.8. The molecule has 0 aliphatic carbocycles. The maximum atomic E-state index is 10.5. The summed E-state index contributed by atoms with van der Waals surface area (Å²) in [4.78, 5) is 17.3. The van der Waals surface area contributed by atoms with Gasteiger partial charge in [0.05, 0.1) is 12.1 Å². The van der Waals surface area contributed by atoms with Gasteiger partial charge in [0.15, 0.2) is 0 Å². The number of hydrogen-bond acceptors (Lipinski definition) is 5. The van der Waals surface area contributed by atoms with Crippen LogP contribution in [0.15, 0.2) is 71.2 Å². The predicted octanol–water partition coefficient (Wildman–Crippen LogP) is 4.92. The van der Waals surface area contributed by atoms with Gasteiger partial charge in [0.1, 0.15) is 6.61 Å². The van der Waals surface area contributed by atoms with E-state index in [2.05, 4.69) is 52.3 Å². The molecule has 0 saturated heterocycles. The number of carboxylic acids is 1. The van der Waals surface area contributed by atoms with Crippen LogP contribution >= 0.6 is 11.3 Å². The van der Waals surface area contributed by atoms with E-state index in [1.807, 2.05) is 31.2 Å². The quantitative estimate of drug-likeness (QED) is 0.284. The number of carbonyl (C=O) groups is 1. The highest BCUT2D eigenvalue weighted by Crippen LogP contribution is 2.24. The Morgan fingerprint density at radius 3 is 2.45 bits per heavy atom. The smallest absolute Gasteiger partial charge is 0.304 e. The maximum absolute atomic E-state index is 10.5. The molecule has 0 saturated carbocycles. The molecule has 1 heterocycles. The number of benzene rings is 2. The van der Waals surface area contributed by atoms with Crippen molar-refractivity contribution in [1.29, 1.82) is 0 Å². The van der Waals surface area contributed by atoms with Crippen molar-refractivity contribution in [2.45, 2.75) is 26.5 Å². The van der Waals surface area contributed by atoms with E-state index in [-0.39, 0.29) is 6.42 Å². The highest BCUT2D eigenvalue weighted by atomic mass is 32.1. The Hall–Kier alpha value is -2.96. The van der Waals surface area contributed by atoms with E-state index in [9.17, 15) is 4.79 Å². The SMILES string of the molecule is C/C(=N\OCc1ccc(-c2cccs2)cc1)c1ccc(CNCCC(=O)O)cc1. The standard InChI is InChI=1S/C23H24N2O3S/c1-17(20-8-4-18(5-9-20)15-24-13-12-23(26)27)25-28-16-19-6-10-21(11-7-19)22-3-2-14-29-22/h2-11,14,24H,12-13,15-16H2,1H3,(H,26,27)/b25-17+. The van der Waals surface area contributed by atoms with Crippen LogP contribution in [0.3, 0.4) is 0 Å². The van der Waals surface area contributed by atoms with E-state index in [0.717, 1.165) is 22.4 Å². The van der Waals surface area contributed by atoms with Crippen LogP contribution in [0.4, 0.5) is 0 Å². The number of thiophene rings is 1. The fourth-order valence-corrected chi connectivity index (χ4v) is 3.49. The van der Waals surface area contributed by atoms with Crippen LogP contribution in [0.2, 0.25) is 0 Å². The number of carboxylic acid groups (broad SMARTS) is 1. The molecule has 0 amide bonds. The van der Waals surface area contributed by atoms with Gasteiger partial charge in [-0.25, -0.2) is 0 Å². The molecule has 0 aliphatic heterocycles. The summed E-state index contributed by atoms with van der Waals surface area (Å²) in [6.45, 7) is 3.44. The van der Waals surface area contributed by atoms with Crippen LogP contribution in [0.5, 0.6) is 0 Å². The molecule has 3 aromatic rings. The number of oxime groups is 1. The Morgan fingerprint density at radius 2 is 1.79 bits per heavy atom. The zero-order chi connectivity index (χ0) is 20.5. The summed E-state index contributed by atoms with van der Waals surface area (Å²) in [6.07, 6.45) is 0.123. The zero-order valence-electron chi connectivity index (χ0n) is 16.3. The molecule has 0 bridgehead atoms. The Morgan fingerprint density at radius 1 is 1.07 bits per heavy atom. The molecular formula is C23H24N2O3S. The van der Waals surface area contributed by atoms with Crippen LogP contribution in [0.1, 0.15) is 30.0 Å². The molecular weight excluding hydrogens is 384 g/mol. The monoisotopic (exact) mass is 408 g/mol. The molecule has 0 spiro atoms. The highest BCUT2D eigenvalue weighted by Gasteiger charge is 2.02. The van der Waals surface area contributed by atoms with Gasteiger partial charge in [0, 0.05) is 18.0 Å². The zero-order valence-corrected chi connectivity index (χ0v) is 17.1. The largest absolute Gasteiger partial charge is 0.481 e. The molecule has 5 nitrogen and oxygen atoms in total. The fraction of sp³-hybridized carbons (Fsp3) is 0.217. The van der Waals surface area contributed by atoms with E-state index in [1.54, 1.807) is 11.3 Å². The maximum Gasteiger partial charge on any atom is 0.304 e. The summed E-state index contributed by atoms with van der Waals surface area (Å²) >= 11 is 1.73. The Kier molecular flexibility index (Phi) is 7.55. The highest BCUT2D eigenvalue weighted by molar-refractivity contribution is 7.13. The van der Waals surface area contributed by atoms with Gasteiger partial charge in [0.25, 0.3) is 0 Å². The number of aliphatic carboxylic acids is 1. The lowest BCUT2D eigenvalue weighted by Gasteiger charge is -2.06. The number of rotatable bonds is 10. The minimum Gasteiger partial charge on any atom is -0.481 e. The topological polar surface area (TPSA) is 70.9 Å². The van der Waals surface area contributed by atoms with Crippen molar-refractivity contribution >= 4 is 23.0 Å². The minimum atomic E-state index is -0.793. The van der Waals surface area contributed by atoms with Gasteiger partial charge in [-0.05, 0) is 40.6 Å². The average Bonchev–Trinajstić information content (AvgIpc) is 3.27. The molecule has 150 valence electrons. The Balaban J connectivity index is 1.47. The van der Waals surface area contributed by atoms with E-state index in [0.29, 0.717) is 19.7 Å². The Labute approximate surface area is 174 Å². The van der Waals surface area contributed by atoms with Gasteiger partial charge >= 0.3 is 5.97 Å². The first-order valence-corrected chi connectivity index (χ1v) is 10.3. The summed E-state index contributed by atoms with van der Waals surface area (Å²) < 4.78 is 0. The molecule has 2 aromatic carbocycles. The molecule has 0 unspecified atom stereocenters. The van der Waals surface area contributed by atoms with Crippen LogP contribution in [-0.4, -0.2) is 23.3 Å². The number of nitrogens with one attached hydrogen (secondary N) is 1. The van der Waals surface area contributed by atoms with E-state index >= 15 is 0 Å². The second-order valence-corrected chi connectivity index (χ2v) is 7.59. The van der Waals surface area contributed by atoms with Crippen molar-refractivity contribution in [2.75, 3.05) is 6.54 Å². The predicted molar refractivity (Wildman–Crippen MR) is 117 cm³/mol. The number of nitrogens with zero attached hydrogens (tertiary/aromatic N) is 1. The summed E-state index contributed by atoms with van der Waals surface area (Å²) in [5.41, 5.74) is 5.18. The summed E-state index contributed by atoms with van der Waals surface area (Å²) in [5.74, 6) is -0.793. The third-order valence-electron chi connectivity index (χ3n) is 4.41. The third-order valence-corrected chi connectivity index (χ3v) is 5.33. The van der Waals surface area contributed by atoms with Gasteiger partial charge in [-0.1, -0.05) is 59.8 Å². The minimum absolute atomic E-state index is 0.123. The molecule has 0 radical (unpaired) electrons. The van der Waals surface area contributed by atoms with Crippen molar-refractivity contribution in [3.8, 4) is 10.4 Å². The first-order chi connectivity index (χ1) is 14.1. The summed E-state index contributed by atoms with van der Waals surface area (Å²) in [7, 11) is 0. The van der Waals surface area contributed by atoms with Gasteiger partial charge < -0.3 is 15.3 Å². The van der Waals surface area contributed by atoms with Gasteiger partial charge in [0.2, 0.25) is 0 Å². The summed E-state index contributed by atoms with van der Waals surface area (Å²) in [6, 6.07) is 20.5. The van der Waals surface area contributed by atoms with Crippen molar-refractivity contribution in [1.82, 2.24) is 5.32 Å². The van der Waals surface area contributed by atoms with Crippen molar-refractivity contribution in [3.63, 3.8) is 0 Å². The molecule has 2 N–H and O–H groups in total. The lowest BCUT2D eigenvalue weighted by atomic mass is 10.1. The van der Waals surface area contributed by atoms with Crippen molar-refractivity contribution < 1.29 is 14.7 Å². The molecule has 0 aliphatic rings. The van der Waals surface area contributed by atoms with E-state index < -0.39 is 5.97 Å². The second kappa shape index (κ2) is 10.5. The van der Waals surface area contributed by atoms with Crippen LogP contribution in [0, 0.1) is 0 Å². The van der Waals surface area contributed by atoms with Crippen molar-refractivity contribution in [3.05, 3.63) is 82.7 Å². The van der Waals surface area contributed by atoms with Crippen LogP contribution in [-0.2, 0) is 22.8 Å². The van der Waals surface area contributed by atoms with E-state index in [4.69, 9.17) is 9.94 Å². The molecule has 6 heteroatoms. The normalized spacial score (nSPS) is 11.4. The molecule has 1 aromatic heterocycles. The molecule has 29 heavy (non-hydrogen) atoms. The van der Waals surface area contributed by atoms with Crippen LogP contribution < -0.4 is 5.32 Å². The molecule has 3 rings (SSSR count). The first-order valence-electron chi connectivity index (χ1n) is 9.43. The van der Waals surface area contributed by atoms with Gasteiger partial charge in [-0.15, -0.1) is 11.3 Å². The van der Waals surface area contributed by atoms with Crippen LogP contribution in [0.25, 0.3) is 10.4 Å². The lowest BCUT2D eigenvalue weighted by Crippen LogP contribution is -2.17. The fourth-order valence-electron chi connectivity index (χ4n) is 2.76. The lowest BCUT2D eigenvalue weighted by molar-refractivity contribution is -0.136. The molecule has 0 fully saturated rings. The Bertz CT molecular complexity index is 933. The summed E-state index contributed by atoms with van der Waals surface area (Å²) in [5, 5.41) is 18.1. The second-order valence-electron chi connectivity index (χ2n) is 6.64.